The van der Waals surface area contributed by atoms with Crippen LogP contribution in [0, 0.1) is 0 Å². The van der Waals surface area contributed by atoms with E-state index in [1.807, 2.05) is 53.1 Å². The molecule has 0 saturated carbocycles. The van der Waals surface area contributed by atoms with Crippen LogP contribution in [0.5, 0.6) is 5.75 Å². The quantitative estimate of drug-likeness (QED) is 0.771. The van der Waals surface area contributed by atoms with Crippen molar-refractivity contribution in [1.29, 1.82) is 0 Å². The molecule has 0 radical (unpaired) electrons. The van der Waals surface area contributed by atoms with E-state index in [4.69, 9.17) is 4.74 Å². The minimum atomic E-state index is -0.591. The van der Waals surface area contributed by atoms with Gasteiger partial charge in [0.25, 0.3) is 0 Å². The highest BCUT2D eigenvalue weighted by molar-refractivity contribution is 9.10. The van der Waals surface area contributed by atoms with E-state index in [9.17, 15) is 5.11 Å². The van der Waals surface area contributed by atoms with E-state index in [0.29, 0.717) is 6.54 Å². The lowest BCUT2D eigenvalue weighted by molar-refractivity contribution is 0.0934. The maximum Gasteiger partial charge on any atom is 0.119 e. The van der Waals surface area contributed by atoms with Gasteiger partial charge >= 0.3 is 0 Å². The molecule has 0 fully saturated rings. The summed E-state index contributed by atoms with van der Waals surface area (Å²) >= 11 is 3.37. The summed E-state index contributed by atoms with van der Waals surface area (Å²) in [6, 6.07) is 15.4. The molecule has 0 amide bonds. The molecule has 5 heteroatoms. The second-order valence-corrected chi connectivity index (χ2v) is 5.72. The van der Waals surface area contributed by atoms with E-state index in [0.717, 1.165) is 21.3 Å². The Hall–Kier alpha value is -1.85. The van der Waals surface area contributed by atoms with Crippen molar-refractivity contribution in [2.75, 3.05) is 6.61 Å². The predicted molar refractivity (Wildman–Crippen MR) is 85.4 cm³/mol. The van der Waals surface area contributed by atoms with Gasteiger partial charge in [0.2, 0.25) is 0 Å². The van der Waals surface area contributed by atoms with Gasteiger partial charge in [-0.2, -0.15) is 0 Å². The van der Waals surface area contributed by atoms with E-state index in [1.165, 1.54) is 0 Å². The summed E-state index contributed by atoms with van der Waals surface area (Å²) in [6.07, 6.45) is 1.15. The summed E-state index contributed by atoms with van der Waals surface area (Å²) in [5.41, 5.74) is 1.94. The van der Waals surface area contributed by atoms with Crippen molar-refractivity contribution in [2.24, 2.45) is 0 Å². The largest absolute Gasteiger partial charge is 0.491 e. The first-order valence-electron chi connectivity index (χ1n) is 6.69. The summed E-state index contributed by atoms with van der Waals surface area (Å²) in [5.74, 6) is 0.743. The average molecular weight is 347 g/mol. The molecule has 0 saturated heterocycles. The second kappa shape index (κ2) is 6.28. The van der Waals surface area contributed by atoms with Gasteiger partial charge in [0.15, 0.2) is 0 Å². The zero-order valence-corrected chi connectivity index (χ0v) is 12.9. The van der Waals surface area contributed by atoms with Crippen LogP contribution in [-0.2, 0) is 6.54 Å². The zero-order valence-electron chi connectivity index (χ0n) is 11.3. The van der Waals surface area contributed by atoms with Crippen LogP contribution < -0.4 is 4.74 Å². The van der Waals surface area contributed by atoms with Crippen molar-refractivity contribution < 1.29 is 9.84 Å². The van der Waals surface area contributed by atoms with Crippen LogP contribution in [0.4, 0.5) is 0 Å². The summed E-state index contributed by atoms with van der Waals surface area (Å²) in [4.78, 5) is 4.31. The molecule has 1 aromatic heterocycles. The summed E-state index contributed by atoms with van der Waals surface area (Å²) in [5, 5.41) is 10.1. The van der Waals surface area contributed by atoms with Gasteiger partial charge in [-0.1, -0.05) is 28.1 Å². The number of aromatic nitrogens is 2. The number of rotatable bonds is 5. The number of hydrogen-bond donors (Lipinski definition) is 1. The molecule has 2 aromatic carbocycles. The Labute approximate surface area is 131 Å². The lowest BCUT2D eigenvalue weighted by Crippen LogP contribution is -2.23. The first-order chi connectivity index (χ1) is 10.2. The molecule has 3 rings (SSSR count). The van der Waals surface area contributed by atoms with Crippen molar-refractivity contribution in [2.45, 2.75) is 12.6 Å². The van der Waals surface area contributed by atoms with Crippen LogP contribution in [0.2, 0.25) is 0 Å². The van der Waals surface area contributed by atoms with Crippen LogP contribution in [0.25, 0.3) is 11.0 Å². The van der Waals surface area contributed by atoms with E-state index in [1.54, 1.807) is 6.33 Å². The lowest BCUT2D eigenvalue weighted by Gasteiger charge is -2.13. The molecule has 0 aliphatic rings. The molecule has 1 heterocycles. The fourth-order valence-electron chi connectivity index (χ4n) is 2.16. The Kier molecular flexibility index (Phi) is 4.22. The standard InChI is InChI=1S/C16H15BrN2O2/c17-12-5-7-14(8-6-12)21-10-13(20)9-19-11-18-15-3-1-2-4-16(15)19/h1-8,11,13,20H,9-10H2. The van der Waals surface area contributed by atoms with E-state index >= 15 is 0 Å². The minimum Gasteiger partial charge on any atom is -0.491 e. The van der Waals surface area contributed by atoms with Crippen molar-refractivity contribution in [3.63, 3.8) is 0 Å². The summed E-state index contributed by atoms with van der Waals surface area (Å²) < 4.78 is 8.51. The SMILES string of the molecule is OC(COc1ccc(Br)cc1)Cn1cnc2ccccc21. The highest BCUT2D eigenvalue weighted by Gasteiger charge is 2.09. The van der Waals surface area contributed by atoms with E-state index < -0.39 is 6.10 Å². The molecule has 0 bridgehead atoms. The van der Waals surface area contributed by atoms with E-state index in [-0.39, 0.29) is 6.61 Å². The van der Waals surface area contributed by atoms with Crippen molar-refractivity contribution in [3.05, 3.63) is 59.3 Å². The smallest absolute Gasteiger partial charge is 0.119 e. The first-order valence-corrected chi connectivity index (χ1v) is 7.48. The molecule has 108 valence electrons. The van der Waals surface area contributed by atoms with Crippen LogP contribution in [-0.4, -0.2) is 27.4 Å². The number of imidazole rings is 1. The van der Waals surface area contributed by atoms with Gasteiger partial charge < -0.3 is 14.4 Å². The van der Waals surface area contributed by atoms with Gasteiger partial charge in [0.05, 0.1) is 23.9 Å². The molecule has 0 spiro atoms. The summed E-state index contributed by atoms with van der Waals surface area (Å²) in [6.45, 7) is 0.700. The maximum atomic E-state index is 10.1. The zero-order chi connectivity index (χ0) is 14.7. The average Bonchev–Trinajstić information content (AvgIpc) is 2.90. The molecule has 3 aromatic rings. The number of ether oxygens (including phenoxy) is 1. The molecular formula is C16H15BrN2O2. The third kappa shape index (κ3) is 3.43. The molecule has 1 N–H and O–H groups in total. The Morgan fingerprint density at radius 2 is 1.90 bits per heavy atom. The molecule has 4 nitrogen and oxygen atoms in total. The number of hydrogen-bond acceptors (Lipinski definition) is 3. The Bertz CT molecular complexity index is 724. The summed E-state index contributed by atoms with van der Waals surface area (Å²) in [7, 11) is 0. The van der Waals surface area contributed by atoms with Crippen molar-refractivity contribution >= 4 is 27.0 Å². The first kappa shape index (κ1) is 14.1. The third-order valence-corrected chi connectivity index (χ3v) is 3.72. The van der Waals surface area contributed by atoms with Gasteiger partial charge in [-0.15, -0.1) is 0 Å². The van der Waals surface area contributed by atoms with Gasteiger partial charge in [-0.25, -0.2) is 4.98 Å². The molecule has 21 heavy (non-hydrogen) atoms. The molecular weight excluding hydrogens is 332 g/mol. The van der Waals surface area contributed by atoms with Crippen molar-refractivity contribution in [1.82, 2.24) is 9.55 Å². The Balaban J connectivity index is 1.61. The number of fused-ring (bicyclic) bond motifs is 1. The van der Waals surface area contributed by atoms with Crippen LogP contribution in [0.15, 0.2) is 59.3 Å². The van der Waals surface area contributed by atoms with Crippen LogP contribution >= 0.6 is 15.9 Å². The Morgan fingerprint density at radius 1 is 1.14 bits per heavy atom. The highest BCUT2D eigenvalue weighted by atomic mass is 79.9. The molecule has 1 unspecified atom stereocenters. The highest BCUT2D eigenvalue weighted by Crippen LogP contribution is 2.17. The lowest BCUT2D eigenvalue weighted by atomic mass is 10.3. The normalized spacial score (nSPS) is 12.5. The maximum absolute atomic E-state index is 10.1. The monoisotopic (exact) mass is 346 g/mol. The number of nitrogens with zero attached hydrogens (tertiary/aromatic N) is 2. The number of aliphatic hydroxyl groups excluding tert-OH is 1. The van der Waals surface area contributed by atoms with Crippen LogP contribution in [0.1, 0.15) is 0 Å². The number of aliphatic hydroxyl groups is 1. The van der Waals surface area contributed by atoms with Crippen LogP contribution in [0.3, 0.4) is 0 Å². The Morgan fingerprint density at radius 3 is 2.71 bits per heavy atom. The molecule has 0 aliphatic carbocycles. The van der Waals surface area contributed by atoms with Gasteiger partial charge in [0, 0.05) is 4.47 Å². The van der Waals surface area contributed by atoms with Gasteiger partial charge in [-0.05, 0) is 36.4 Å². The number of para-hydroxylation sites is 2. The van der Waals surface area contributed by atoms with Crippen molar-refractivity contribution in [3.8, 4) is 5.75 Å². The van der Waals surface area contributed by atoms with Gasteiger partial charge in [-0.3, -0.25) is 0 Å². The topological polar surface area (TPSA) is 47.3 Å². The number of halogens is 1. The van der Waals surface area contributed by atoms with E-state index in [2.05, 4.69) is 20.9 Å². The predicted octanol–water partition coefficient (Wildman–Crippen LogP) is 3.24. The second-order valence-electron chi connectivity index (χ2n) is 4.80. The third-order valence-electron chi connectivity index (χ3n) is 3.19. The molecule has 1 atom stereocenters. The fourth-order valence-corrected chi connectivity index (χ4v) is 2.42. The van der Waals surface area contributed by atoms with Gasteiger partial charge in [0.1, 0.15) is 18.5 Å². The molecule has 0 aliphatic heterocycles. The minimum absolute atomic E-state index is 0.244. The fraction of sp³-hybridized carbons (Fsp3) is 0.188. The number of benzene rings is 2.